The van der Waals surface area contributed by atoms with Crippen molar-refractivity contribution >= 4 is 23.0 Å². The van der Waals surface area contributed by atoms with Gasteiger partial charge in [0.15, 0.2) is 5.84 Å². The van der Waals surface area contributed by atoms with Crippen molar-refractivity contribution in [1.82, 2.24) is 5.53 Å². The molecule has 0 saturated carbocycles. The van der Waals surface area contributed by atoms with Crippen LogP contribution >= 0.6 is 0 Å². The Morgan fingerprint density at radius 2 is 1.32 bits per heavy atom. The van der Waals surface area contributed by atoms with Crippen molar-refractivity contribution in [3.8, 4) is 0 Å². The highest BCUT2D eigenvalue weighted by Crippen LogP contribution is 2.10. The molecule has 2 rings (SSSR count). The molecule has 8 nitrogen and oxygen atoms in total. The predicted molar refractivity (Wildman–Crippen MR) is 86.9 cm³/mol. The van der Waals surface area contributed by atoms with Crippen LogP contribution in [-0.4, -0.2) is 11.7 Å². The fraction of sp³-hybridized carbons (Fsp3) is 0. The number of benzene rings is 2. The normalized spacial score (nSPS) is 9.82. The van der Waals surface area contributed by atoms with Gasteiger partial charge in [0.05, 0.1) is 11.4 Å². The molecule has 2 aromatic rings. The maximum Gasteiger partial charge on any atom is 0.196 e. The lowest BCUT2D eigenvalue weighted by molar-refractivity contribution is 0.954. The lowest BCUT2D eigenvalue weighted by Gasteiger charge is -2.11. The summed E-state index contributed by atoms with van der Waals surface area (Å²) in [6.45, 7) is 0. The van der Waals surface area contributed by atoms with Gasteiger partial charge in [-0.25, -0.2) is 0 Å². The highest BCUT2D eigenvalue weighted by Gasteiger charge is 2.00. The average molecular weight is 297 g/mol. The van der Waals surface area contributed by atoms with Gasteiger partial charge in [0.2, 0.25) is 0 Å². The number of hydrogen-bond donors (Lipinski definition) is 6. The molecule has 112 valence electrons. The number of hydrogen-bond acceptors (Lipinski definition) is 6. The number of nitrogens with two attached hydrogens (primary N) is 1. The zero-order chi connectivity index (χ0) is 15.9. The fourth-order valence-electron chi connectivity index (χ4n) is 1.67. The van der Waals surface area contributed by atoms with Gasteiger partial charge in [-0.3, -0.25) is 10.8 Å². The zero-order valence-electron chi connectivity index (χ0n) is 11.6. The second-order valence-corrected chi connectivity index (χ2v) is 4.38. The third-order valence-corrected chi connectivity index (χ3v) is 2.86. The number of nitrogens with one attached hydrogen (secondary N) is 5. The summed E-state index contributed by atoms with van der Waals surface area (Å²) in [7, 11) is 0. The van der Waals surface area contributed by atoms with Gasteiger partial charge in [-0.1, -0.05) is 0 Å². The minimum atomic E-state index is -0.303. The van der Waals surface area contributed by atoms with Crippen LogP contribution in [0.15, 0.2) is 53.7 Å². The molecule has 0 saturated heterocycles. The Labute approximate surface area is 126 Å². The van der Waals surface area contributed by atoms with E-state index in [-0.39, 0.29) is 11.7 Å². The molecule has 2 aromatic carbocycles. The van der Waals surface area contributed by atoms with Crippen molar-refractivity contribution in [3.63, 3.8) is 0 Å². The van der Waals surface area contributed by atoms with Crippen molar-refractivity contribution in [2.75, 3.05) is 10.9 Å². The third-order valence-electron chi connectivity index (χ3n) is 2.86. The molecule has 0 unspecified atom stereocenters. The number of anilines is 2. The molecular formula is C14H15N7O. The van der Waals surface area contributed by atoms with E-state index in [1.54, 1.807) is 48.5 Å². The van der Waals surface area contributed by atoms with E-state index in [0.29, 0.717) is 11.1 Å². The fourth-order valence-corrected chi connectivity index (χ4v) is 1.67. The molecule has 0 heterocycles. The maximum absolute atomic E-state index is 10.3. The molecule has 0 spiro atoms. The monoisotopic (exact) mass is 297 g/mol. The summed E-state index contributed by atoms with van der Waals surface area (Å²) in [4.78, 5) is 10.3. The first-order chi connectivity index (χ1) is 10.6. The second-order valence-electron chi connectivity index (χ2n) is 4.38. The summed E-state index contributed by atoms with van der Waals surface area (Å²) in [6.07, 6.45) is 0. The maximum atomic E-state index is 10.3. The van der Waals surface area contributed by atoms with Crippen LogP contribution in [0.3, 0.4) is 0 Å². The van der Waals surface area contributed by atoms with E-state index in [1.165, 1.54) is 0 Å². The summed E-state index contributed by atoms with van der Waals surface area (Å²) in [6, 6.07) is 13.7. The molecule has 7 N–H and O–H groups in total. The standard InChI is InChI=1S/C14H15N7O/c15-13(16)9-1-5-11(6-2-9)18-21-19-12-7-3-10(4-8-12)14(17)20-22/h1-8,17-19,21H,(H3,15,16). The first kappa shape index (κ1) is 15.1. The predicted octanol–water partition coefficient (Wildman–Crippen LogP) is 2.01. The van der Waals surface area contributed by atoms with Gasteiger partial charge in [-0.15, -0.1) is 4.91 Å². The number of nitroso groups, excluding NO2 is 1. The van der Waals surface area contributed by atoms with Crippen molar-refractivity contribution in [3.05, 3.63) is 64.6 Å². The van der Waals surface area contributed by atoms with Crippen LogP contribution in [0.25, 0.3) is 0 Å². The first-order valence-electron chi connectivity index (χ1n) is 6.34. The number of nitrogens with zero attached hydrogens (tertiary/aromatic N) is 1. The molecule has 0 aromatic heterocycles. The van der Waals surface area contributed by atoms with Gasteiger partial charge >= 0.3 is 0 Å². The van der Waals surface area contributed by atoms with Gasteiger partial charge in [-0.05, 0) is 53.7 Å². The Morgan fingerprint density at radius 1 is 0.864 bits per heavy atom. The largest absolute Gasteiger partial charge is 0.384 e. The van der Waals surface area contributed by atoms with Crippen LogP contribution in [0, 0.1) is 15.7 Å². The summed E-state index contributed by atoms with van der Waals surface area (Å²) in [5.41, 5.74) is 16.7. The Balaban J connectivity index is 1.86. The highest BCUT2D eigenvalue weighted by atomic mass is 16.3. The van der Waals surface area contributed by atoms with E-state index >= 15 is 0 Å². The van der Waals surface area contributed by atoms with Crippen molar-refractivity contribution in [2.24, 2.45) is 10.9 Å². The Hall–Kier alpha value is -3.26. The first-order valence-corrected chi connectivity index (χ1v) is 6.34. The van der Waals surface area contributed by atoms with Crippen molar-refractivity contribution in [2.45, 2.75) is 0 Å². The number of hydrazine groups is 2. The molecule has 8 heteroatoms. The lowest BCUT2D eigenvalue weighted by Crippen LogP contribution is -2.28. The van der Waals surface area contributed by atoms with Gasteiger partial charge < -0.3 is 16.6 Å². The molecule has 0 amide bonds. The molecule has 0 bridgehead atoms. The summed E-state index contributed by atoms with van der Waals surface area (Å²) in [5, 5.41) is 17.2. The van der Waals surface area contributed by atoms with Crippen molar-refractivity contribution < 1.29 is 0 Å². The highest BCUT2D eigenvalue weighted by molar-refractivity contribution is 5.97. The molecule has 0 aliphatic heterocycles. The van der Waals surface area contributed by atoms with Crippen LogP contribution in [0.4, 0.5) is 11.4 Å². The van der Waals surface area contributed by atoms with Gasteiger partial charge in [-0.2, -0.15) is 5.53 Å². The van der Waals surface area contributed by atoms with Crippen LogP contribution in [-0.2, 0) is 0 Å². The third kappa shape index (κ3) is 3.87. The van der Waals surface area contributed by atoms with E-state index in [0.717, 1.165) is 11.4 Å². The second kappa shape index (κ2) is 6.95. The Bertz CT molecular complexity index is 679. The molecule has 0 atom stereocenters. The smallest absolute Gasteiger partial charge is 0.196 e. The van der Waals surface area contributed by atoms with E-state index in [1.807, 2.05) is 0 Å². The summed E-state index contributed by atoms with van der Waals surface area (Å²) >= 11 is 0. The molecule has 0 aliphatic carbocycles. The van der Waals surface area contributed by atoms with E-state index in [9.17, 15) is 4.91 Å². The molecule has 0 fully saturated rings. The lowest BCUT2D eigenvalue weighted by atomic mass is 10.2. The zero-order valence-corrected chi connectivity index (χ0v) is 11.6. The van der Waals surface area contributed by atoms with E-state index in [2.05, 4.69) is 21.6 Å². The van der Waals surface area contributed by atoms with Gasteiger partial charge in [0, 0.05) is 11.1 Å². The SMILES string of the molecule is N=C(N)c1ccc(NNNc2ccc(C(=N)N=O)cc2)cc1. The summed E-state index contributed by atoms with van der Waals surface area (Å²) < 4.78 is 0. The van der Waals surface area contributed by atoms with Crippen LogP contribution in [0.2, 0.25) is 0 Å². The quantitative estimate of drug-likeness (QED) is 0.209. The number of nitrogen functional groups attached to an aromatic ring is 1. The average Bonchev–Trinajstić information content (AvgIpc) is 2.55. The van der Waals surface area contributed by atoms with E-state index in [4.69, 9.17) is 16.6 Å². The molecule has 0 radical (unpaired) electrons. The topological polar surface area (TPSA) is 139 Å². The van der Waals surface area contributed by atoms with Gasteiger partial charge in [0.25, 0.3) is 0 Å². The van der Waals surface area contributed by atoms with E-state index < -0.39 is 0 Å². The Morgan fingerprint density at radius 3 is 1.73 bits per heavy atom. The minimum absolute atomic E-state index is 0.0214. The van der Waals surface area contributed by atoms with Crippen LogP contribution < -0.4 is 22.1 Å². The minimum Gasteiger partial charge on any atom is -0.384 e. The number of amidine groups is 2. The van der Waals surface area contributed by atoms with Gasteiger partial charge in [0.1, 0.15) is 5.84 Å². The Kier molecular flexibility index (Phi) is 4.78. The van der Waals surface area contributed by atoms with Crippen molar-refractivity contribution in [1.29, 1.82) is 10.8 Å². The molecular weight excluding hydrogens is 282 g/mol. The number of rotatable bonds is 6. The molecule has 0 aliphatic rings. The molecule has 22 heavy (non-hydrogen) atoms. The van der Waals surface area contributed by atoms with Crippen LogP contribution in [0.5, 0.6) is 0 Å². The van der Waals surface area contributed by atoms with Crippen LogP contribution in [0.1, 0.15) is 11.1 Å². The summed E-state index contributed by atoms with van der Waals surface area (Å²) in [5.74, 6) is -0.281.